The number of rotatable bonds is 3. The van der Waals surface area contributed by atoms with Gasteiger partial charge >= 0.3 is 0 Å². The van der Waals surface area contributed by atoms with E-state index >= 15 is 0 Å². The zero-order valence-corrected chi connectivity index (χ0v) is 10.9. The summed E-state index contributed by atoms with van der Waals surface area (Å²) >= 11 is 0. The van der Waals surface area contributed by atoms with Crippen LogP contribution in [0.3, 0.4) is 0 Å². The summed E-state index contributed by atoms with van der Waals surface area (Å²) in [5, 5.41) is 0. The van der Waals surface area contributed by atoms with Crippen LogP contribution in [0.4, 0.5) is 0 Å². The first kappa shape index (κ1) is 12.4. The lowest BCUT2D eigenvalue weighted by atomic mass is 9.94. The van der Waals surface area contributed by atoms with Crippen molar-refractivity contribution in [2.75, 3.05) is 6.79 Å². The largest absolute Gasteiger partial charge is 0.454 e. The van der Waals surface area contributed by atoms with Crippen LogP contribution in [0, 0.1) is 6.92 Å². The third-order valence-electron chi connectivity index (χ3n) is 3.30. The predicted molar refractivity (Wildman–Crippen MR) is 73.5 cm³/mol. The lowest BCUT2D eigenvalue weighted by molar-refractivity contribution is 0.111. The number of aryl methyl sites for hydroxylation is 1. The number of hydrogen-bond donors (Lipinski definition) is 0. The van der Waals surface area contributed by atoms with Crippen molar-refractivity contribution in [1.29, 1.82) is 0 Å². The van der Waals surface area contributed by atoms with Crippen molar-refractivity contribution in [3.63, 3.8) is 0 Å². The van der Waals surface area contributed by atoms with Gasteiger partial charge in [0.25, 0.3) is 0 Å². The van der Waals surface area contributed by atoms with E-state index < -0.39 is 0 Å². The zero-order chi connectivity index (χ0) is 14.1. The summed E-state index contributed by atoms with van der Waals surface area (Å²) in [5.41, 5.74) is 3.26. The summed E-state index contributed by atoms with van der Waals surface area (Å²) < 4.78 is 10.8. The van der Waals surface area contributed by atoms with Crippen LogP contribution in [0.1, 0.15) is 26.3 Å². The molecule has 0 saturated heterocycles. The van der Waals surface area contributed by atoms with Crippen molar-refractivity contribution < 1.29 is 19.1 Å². The second kappa shape index (κ2) is 4.81. The van der Waals surface area contributed by atoms with E-state index in [9.17, 15) is 9.59 Å². The fourth-order valence-corrected chi connectivity index (χ4v) is 2.37. The summed E-state index contributed by atoms with van der Waals surface area (Å²) in [6.07, 6.45) is 1.54. The molecule has 0 radical (unpaired) electrons. The van der Waals surface area contributed by atoms with E-state index in [1.54, 1.807) is 18.2 Å². The van der Waals surface area contributed by atoms with Gasteiger partial charge in [-0.3, -0.25) is 9.59 Å². The summed E-state index contributed by atoms with van der Waals surface area (Å²) in [6.45, 7) is 2.03. The number of carbonyl (C=O) groups is 2. The van der Waals surface area contributed by atoms with Gasteiger partial charge in [-0.05, 0) is 30.7 Å². The number of ether oxygens (including phenoxy) is 2. The van der Waals surface area contributed by atoms with Crippen LogP contribution in [0.2, 0.25) is 0 Å². The number of aldehydes is 2. The first-order chi connectivity index (χ1) is 9.74. The van der Waals surface area contributed by atoms with Gasteiger partial charge in [0.1, 0.15) is 0 Å². The maximum Gasteiger partial charge on any atom is 0.231 e. The molecule has 3 rings (SSSR count). The Morgan fingerprint density at radius 2 is 1.80 bits per heavy atom. The highest BCUT2D eigenvalue weighted by Gasteiger charge is 2.23. The zero-order valence-electron chi connectivity index (χ0n) is 10.9. The van der Waals surface area contributed by atoms with Gasteiger partial charge in [-0.25, -0.2) is 0 Å². The van der Waals surface area contributed by atoms with Gasteiger partial charge in [-0.15, -0.1) is 0 Å². The molecule has 0 saturated carbocycles. The van der Waals surface area contributed by atoms with Crippen LogP contribution in [-0.4, -0.2) is 19.4 Å². The monoisotopic (exact) mass is 268 g/mol. The van der Waals surface area contributed by atoms with Gasteiger partial charge < -0.3 is 9.47 Å². The highest BCUT2D eigenvalue weighted by molar-refractivity contribution is 5.98. The SMILES string of the molecule is Cc1ccc(-c2c(C=O)ccc3c2OCO3)c(C=O)c1. The molecule has 4 heteroatoms. The minimum atomic E-state index is 0.118. The maximum atomic E-state index is 11.3. The molecule has 2 aromatic rings. The lowest BCUT2D eigenvalue weighted by Gasteiger charge is -2.11. The molecule has 0 fully saturated rings. The Morgan fingerprint density at radius 1 is 1.00 bits per heavy atom. The Balaban J connectivity index is 2.32. The molecule has 0 amide bonds. The number of hydrogen-bond acceptors (Lipinski definition) is 4. The molecule has 0 unspecified atom stereocenters. The minimum absolute atomic E-state index is 0.118. The molecule has 100 valence electrons. The van der Waals surface area contributed by atoms with Crippen molar-refractivity contribution in [3.05, 3.63) is 47.0 Å². The Hall–Kier alpha value is -2.62. The van der Waals surface area contributed by atoms with Gasteiger partial charge in [-0.2, -0.15) is 0 Å². The van der Waals surface area contributed by atoms with E-state index in [-0.39, 0.29) is 6.79 Å². The molecule has 0 aliphatic carbocycles. The van der Waals surface area contributed by atoms with Crippen LogP contribution in [0.25, 0.3) is 11.1 Å². The molecule has 0 bridgehead atoms. The van der Waals surface area contributed by atoms with Crippen LogP contribution in [0.5, 0.6) is 11.5 Å². The van der Waals surface area contributed by atoms with Gasteiger partial charge in [0.2, 0.25) is 6.79 Å². The van der Waals surface area contributed by atoms with E-state index in [1.807, 2.05) is 19.1 Å². The average Bonchev–Trinajstić information content (AvgIpc) is 2.94. The summed E-state index contributed by atoms with van der Waals surface area (Å²) in [7, 11) is 0. The summed E-state index contributed by atoms with van der Waals surface area (Å²) in [5.74, 6) is 1.10. The maximum absolute atomic E-state index is 11.3. The minimum Gasteiger partial charge on any atom is -0.454 e. The molecule has 0 spiro atoms. The van der Waals surface area contributed by atoms with Gasteiger partial charge in [0.05, 0.1) is 0 Å². The first-order valence-corrected chi connectivity index (χ1v) is 6.18. The van der Waals surface area contributed by atoms with Crippen LogP contribution in [0.15, 0.2) is 30.3 Å². The first-order valence-electron chi connectivity index (χ1n) is 6.18. The molecule has 2 aromatic carbocycles. The Labute approximate surface area is 115 Å². The van der Waals surface area contributed by atoms with Crippen molar-refractivity contribution in [3.8, 4) is 22.6 Å². The second-order valence-electron chi connectivity index (χ2n) is 4.59. The van der Waals surface area contributed by atoms with Gasteiger partial charge in [0.15, 0.2) is 24.1 Å². The number of fused-ring (bicyclic) bond motifs is 1. The van der Waals surface area contributed by atoms with Crippen LogP contribution in [-0.2, 0) is 0 Å². The van der Waals surface area contributed by atoms with Gasteiger partial charge in [0, 0.05) is 16.7 Å². The summed E-state index contributed by atoms with van der Waals surface area (Å²) in [4.78, 5) is 22.6. The fourth-order valence-electron chi connectivity index (χ4n) is 2.37. The molecule has 0 atom stereocenters. The normalized spacial score (nSPS) is 12.2. The average molecular weight is 268 g/mol. The van der Waals surface area contributed by atoms with E-state index in [1.165, 1.54) is 0 Å². The smallest absolute Gasteiger partial charge is 0.231 e. The third-order valence-corrected chi connectivity index (χ3v) is 3.30. The molecule has 1 heterocycles. The molecular formula is C16H12O4. The van der Waals surface area contributed by atoms with Crippen molar-refractivity contribution in [2.45, 2.75) is 6.92 Å². The molecular weight excluding hydrogens is 256 g/mol. The fraction of sp³-hybridized carbons (Fsp3) is 0.125. The van der Waals surface area contributed by atoms with E-state index in [0.717, 1.165) is 18.1 Å². The van der Waals surface area contributed by atoms with Crippen LogP contribution >= 0.6 is 0 Å². The van der Waals surface area contributed by atoms with E-state index in [4.69, 9.17) is 9.47 Å². The Bertz CT molecular complexity index is 704. The van der Waals surface area contributed by atoms with E-state index in [0.29, 0.717) is 33.8 Å². The van der Waals surface area contributed by atoms with Crippen LogP contribution < -0.4 is 9.47 Å². The summed E-state index contributed by atoms with van der Waals surface area (Å²) in [6, 6.07) is 8.87. The highest BCUT2D eigenvalue weighted by Crippen LogP contribution is 2.44. The van der Waals surface area contributed by atoms with E-state index in [2.05, 4.69) is 0 Å². The Morgan fingerprint density at radius 3 is 2.55 bits per heavy atom. The molecule has 4 nitrogen and oxygen atoms in total. The van der Waals surface area contributed by atoms with Crippen molar-refractivity contribution in [1.82, 2.24) is 0 Å². The van der Waals surface area contributed by atoms with Crippen molar-refractivity contribution >= 4 is 12.6 Å². The van der Waals surface area contributed by atoms with Crippen molar-refractivity contribution in [2.24, 2.45) is 0 Å². The number of benzene rings is 2. The predicted octanol–water partition coefficient (Wildman–Crippen LogP) is 3.02. The molecule has 0 N–H and O–H groups in total. The lowest BCUT2D eigenvalue weighted by Crippen LogP contribution is -1.97. The second-order valence-corrected chi connectivity index (χ2v) is 4.59. The quantitative estimate of drug-likeness (QED) is 0.803. The molecule has 20 heavy (non-hydrogen) atoms. The standard InChI is InChI=1S/C16H12O4/c1-10-2-4-13(12(6-10)8-18)15-11(7-17)3-5-14-16(15)20-9-19-14/h2-8H,9H2,1H3. The topological polar surface area (TPSA) is 52.6 Å². The Kier molecular flexibility index (Phi) is 2.99. The molecule has 1 aliphatic heterocycles. The molecule has 0 aromatic heterocycles. The third kappa shape index (κ3) is 1.86. The molecule has 1 aliphatic rings. The van der Waals surface area contributed by atoms with Gasteiger partial charge in [-0.1, -0.05) is 17.7 Å². The number of carbonyl (C=O) groups excluding carboxylic acids is 2. The highest BCUT2D eigenvalue weighted by atomic mass is 16.7.